The van der Waals surface area contributed by atoms with Crippen LogP contribution in [-0.4, -0.2) is 19.1 Å². The third kappa shape index (κ3) is 2.62. The van der Waals surface area contributed by atoms with Gasteiger partial charge in [0, 0.05) is 23.6 Å². The monoisotopic (exact) mass is 300 g/mol. The number of fused-ring (bicyclic) bond motifs is 1. The first-order valence-corrected chi connectivity index (χ1v) is 7.12. The van der Waals surface area contributed by atoms with Crippen LogP contribution in [0.25, 0.3) is 11.1 Å². The smallest absolute Gasteiger partial charge is 0.226 e. The first kappa shape index (κ1) is 14.4. The lowest BCUT2D eigenvalue weighted by atomic mass is 10.0. The second kappa shape index (κ2) is 5.67. The molecule has 22 heavy (non-hydrogen) atoms. The molecule has 0 saturated carbocycles. The molecule has 3 rings (SSSR count). The predicted octanol–water partition coefficient (Wildman–Crippen LogP) is 3.64. The summed E-state index contributed by atoms with van der Waals surface area (Å²) in [5, 5.41) is 6.21. The van der Waals surface area contributed by atoms with Crippen molar-refractivity contribution in [3.8, 4) is 16.9 Å². The second-order valence-corrected chi connectivity index (χ2v) is 5.37. The van der Waals surface area contributed by atoms with Crippen LogP contribution in [-0.2, 0) is 4.79 Å². The maximum atomic E-state index is 13.7. The molecular formula is C17H17FN2O2. The Balaban J connectivity index is 2.19. The zero-order valence-electron chi connectivity index (χ0n) is 12.4. The van der Waals surface area contributed by atoms with Gasteiger partial charge in [0.25, 0.3) is 0 Å². The molecule has 0 unspecified atom stereocenters. The molecule has 1 aliphatic heterocycles. The molecule has 0 aliphatic carbocycles. The van der Waals surface area contributed by atoms with E-state index in [0.717, 1.165) is 11.3 Å². The van der Waals surface area contributed by atoms with Crippen molar-refractivity contribution in [3.05, 3.63) is 42.2 Å². The van der Waals surface area contributed by atoms with E-state index in [4.69, 9.17) is 4.74 Å². The Bertz CT molecular complexity index is 731. The summed E-state index contributed by atoms with van der Waals surface area (Å²) >= 11 is 0. The minimum absolute atomic E-state index is 0.0121. The van der Waals surface area contributed by atoms with Crippen molar-refractivity contribution < 1.29 is 13.9 Å². The molecule has 0 bridgehead atoms. The molecule has 0 spiro atoms. The van der Waals surface area contributed by atoms with Crippen LogP contribution < -0.4 is 15.4 Å². The molecule has 4 nitrogen and oxygen atoms in total. The molecule has 2 N–H and O–H groups in total. The van der Waals surface area contributed by atoms with E-state index in [-0.39, 0.29) is 17.8 Å². The minimum Gasteiger partial charge on any atom is -0.496 e. The van der Waals surface area contributed by atoms with Crippen LogP contribution in [0.3, 0.4) is 0 Å². The van der Waals surface area contributed by atoms with Gasteiger partial charge in [-0.3, -0.25) is 4.79 Å². The topological polar surface area (TPSA) is 50.4 Å². The normalized spacial score (nSPS) is 17.0. The van der Waals surface area contributed by atoms with Crippen LogP contribution in [0.5, 0.6) is 5.75 Å². The van der Waals surface area contributed by atoms with E-state index in [2.05, 4.69) is 10.6 Å². The van der Waals surface area contributed by atoms with Crippen LogP contribution in [0.15, 0.2) is 36.4 Å². The van der Waals surface area contributed by atoms with E-state index in [1.165, 1.54) is 12.1 Å². The number of anilines is 2. The molecule has 1 aliphatic rings. The zero-order valence-corrected chi connectivity index (χ0v) is 12.4. The van der Waals surface area contributed by atoms with Gasteiger partial charge in [-0.25, -0.2) is 4.39 Å². The predicted molar refractivity (Wildman–Crippen MR) is 84.7 cm³/mol. The van der Waals surface area contributed by atoms with Crippen molar-refractivity contribution >= 4 is 17.3 Å². The number of halogens is 1. The maximum absolute atomic E-state index is 13.7. The first-order chi connectivity index (χ1) is 10.6. The van der Waals surface area contributed by atoms with Crippen LogP contribution in [0.1, 0.15) is 13.3 Å². The highest BCUT2D eigenvalue weighted by Crippen LogP contribution is 2.40. The Kier molecular flexibility index (Phi) is 3.71. The van der Waals surface area contributed by atoms with Crippen molar-refractivity contribution in [3.63, 3.8) is 0 Å². The fourth-order valence-electron chi connectivity index (χ4n) is 2.70. The average molecular weight is 300 g/mol. The molecule has 1 amide bonds. The van der Waals surface area contributed by atoms with Gasteiger partial charge in [-0.1, -0.05) is 12.1 Å². The fraction of sp³-hybridized carbons (Fsp3) is 0.235. The lowest BCUT2D eigenvalue weighted by Gasteiger charge is -2.18. The zero-order chi connectivity index (χ0) is 15.7. The molecule has 2 aromatic carbocycles. The van der Waals surface area contributed by atoms with E-state index >= 15 is 0 Å². The van der Waals surface area contributed by atoms with E-state index in [1.54, 1.807) is 13.2 Å². The van der Waals surface area contributed by atoms with Gasteiger partial charge in [0.2, 0.25) is 5.91 Å². The number of hydrogen-bond acceptors (Lipinski definition) is 3. The van der Waals surface area contributed by atoms with Gasteiger partial charge < -0.3 is 15.4 Å². The Hall–Kier alpha value is -2.56. The number of amides is 1. The van der Waals surface area contributed by atoms with E-state index in [1.807, 2.05) is 25.1 Å². The maximum Gasteiger partial charge on any atom is 0.226 e. The van der Waals surface area contributed by atoms with Crippen molar-refractivity contribution in [1.82, 2.24) is 0 Å². The highest BCUT2D eigenvalue weighted by molar-refractivity contribution is 6.00. The van der Waals surface area contributed by atoms with Crippen LogP contribution in [0.4, 0.5) is 15.8 Å². The SMILES string of the molecule is COc1ccc(F)cc1-c1cccc2c1N[C@H](C)CC(=O)N2. The van der Waals surface area contributed by atoms with Crippen molar-refractivity contribution in [2.45, 2.75) is 19.4 Å². The summed E-state index contributed by atoms with van der Waals surface area (Å²) in [6, 6.07) is 9.93. The minimum atomic E-state index is -0.334. The lowest BCUT2D eigenvalue weighted by molar-refractivity contribution is -0.116. The number of para-hydroxylation sites is 1. The van der Waals surface area contributed by atoms with Gasteiger partial charge in [0.15, 0.2) is 0 Å². The van der Waals surface area contributed by atoms with Gasteiger partial charge in [-0.15, -0.1) is 0 Å². The molecule has 0 radical (unpaired) electrons. The summed E-state index contributed by atoms with van der Waals surface area (Å²) in [5.41, 5.74) is 2.92. The van der Waals surface area contributed by atoms with Gasteiger partial charge in [-0.2, -0.15) is 0 Å². The number of rotatable bonds is 2. The quantitative estimate of drug-likeness (QED) is 0.890. The average Bonchev–Trinajstić information content (AvgIpc) is 2.63. The number of carbonyl (C=O) groups excluding carboxylic acids is 1. The molecule has 1 atom stereocenters. The summed E-state index contributed by atoms with van der Waals surface area (Å²) in [7, 11) is 1.55. The van der Waals surface area contributed by atoms with Gasteiger partial charge in [0.1, 0.15) is 11.6 Å². The lowest BCUT2D eigenvalue weighted by Crippen LogP contribution is -2.19. The summed E-state index contributed by atoms with van der Waals surface area (Å²) < 4.78 is 19.0. The number of hydrogen-bond donors (Lipinski definition) is 2. The number of carbonyl (C=O) groups is 1. The molecule has 0 saturated heterocycles. The molecule has 0 aromatic heterocycles. The molecular weight excluding hydrogens is 283 g/mol. The van der Waals surface area contributed by atoms with Crippen molar-refractivity contribution in [1.29, 1.82) is 0 Å². The molecule has 2 aromatic rings. The van der Waals surface area contributed by atoms with Gasteiger partial charge >= 0.3 is 0 Å². The van der Waals surface area contributed by atoms with E-state index < -0.39 is 0 Å². The number of nitrogens with one attached hydrogen (secondary N) is 2. The Morgan fingerprint density at radius 2 is 2.05 bits per heavy atom. The molecule has 114 valence electrons. The molecule has 1 heterocycles. The van der Waals surface area contributed by atoms with E-state index in [9.17, 15) is 9.18 Å². The van der Waals surface area contributed by atoms with Crippen LogP contribution in [0.2, 0.25) is 0 Å². The largest absolute Gasteiger partial charge is 0.496 e. The molecule has 0 fully saturated rings. The first-order valence-electron chi connectivity index (χ1n) is 7.12. The third-order valence-corrected chi connectivity index (χ3v) is 3.67. The van der Waals surface area contributed by atoms with Crippen molar-refractivity contribution in [2.75, 3.05) is 17.7 Å². The number of benzene rings is 2. The fourth-order valence-corrected chi connectivity index (χ4v) is 2.70. The van der Waals surface area contributed by atoms with Crippen molar-refractivity contribution in [2.24, 2.45) is 0 Å². The highest BCUT2D eigenvalue weighted by atomic mass is 19.1. The highest BCUT2D eigenvalue weighted by Gasteiger charge is 2.21. The summed E-state index contributed by atoms with van der Waals surface area (Å²) in [6.45, 7) is 1.94. The van der Waals surface area contributed by atoms with Crippen LogP contribution in [0, 0.1) is 5.82 Å². The summed E-state index contributed by atoms with van der Waals surface area (Å²) in [5.74, 6) is 0.209. The number of methoxy groups -OCH3 is 1. The molecule has 5 heteroatoms. The van der Waals surface area contributed by atoms with E-state index in [0.29, 0.717) is 23.4 Å². The standard InChI is InChI=1S/C17H17FN2O2/c1-10-8-16(21)20-14-5-3-4-12(17(14)19-10)13-9-11(18)6-7-15(13)22-2/h3-7,9-10,19H,8H2,1-2H3,(H,20,21)/t10-/m1/s1. The van der Waals surface area contributed by atoms with Crippen LogP contribution >= 0.6 is 0 Å². The van der Waals surface area contributed by atoms with Gasteiger partial charge in [-0.05, 0) is 31.2 Å². The number of ether oxygens (including phenoxy) is 1. The summed E-state index contributed by atoms with van der Waals surface area (Å²) in [4.78, 5) is 11.8. The second-order valence-electron chi connectivity index (χ2n) is 5.37. The van der Waals surface area contributed by atoms with Gasteiger partial charge in [0.05, 0.1) is 18.5 Å². The summed E-state index contributed by atoms with van der Waals surface area (Å²) in [6.07, 6.45) is 0.383. The third-order valence-electron chi connectivity index (χ3n) is 3.67. The Labute approximate surface area is 128 Å². The Morgan fingerprint density at radius 1 is 1.23 bits per heavy atom. The Morgan fingerprint density at radius 3 is 2.82 bits per heavy atom.